The van der Waals surface area contributed by atoms with Gasteiger partial charge in [0.1, 0.15) is 5.82 Å². The number of benzene rings is 1. The maximum absolute atomic E-state index is 12.9. The SMILES string of the molecule is OCC(Nc1ncccc1C(F)(F)F)c1ccccc1. The van der Waals surface area contributed by atoms with E-state index in [9.17, 15) is 18.3 Å². The maximum Gasteiger partial charge on any atom is 0.419 e. The molecular formula is C14H13F3N2O. The highest BCUT2D eigenvalue weighted by Gasteiger charge is 2.34. The Morgan fingerprint density at radius 2 is 1.80 bits per heavy atom. The van der Waals surface area contributed by atoms with Crippen LogP contribution in [-0.2, 0) is 6.18 Å². The molecule has 1 unspecified atom stereocenters. The lowest BCUT2D eigenvalue weighted by Gasteiger charge is -2.20. The first kappa shape index (κ1) is 14.3. The van der Waals surface area contributed by atoms with Crippen molar-refractivity contribution in [3.63, 3.8) is 0 Å². The molecule has 6 heteroatoms. The Morgan fingerprint density at radius 1 is 1.10 bits per heavy atom. The van der Waals surface area contributed by atoms with Crippen molar-refractivity contribution in [1.29, 1.82) is 0 Å². The summed E-state index contributed by atoms with van der Waals surface area (Å²) in [6, 6.07) is 10.3. The number of aliphatic hydroxyl groups is 1. The summed E-state index contributed by atoms with van der Waals surface area (Å²) in [5.74, 6) is -0.289. The first-order valence-corrected chi connectivity index (χ1v) is 5.97. The van der Waals surface area contributed by atoms with Crippen LogP contribution in [-0.4, -0.2) is 16.7 Å². The second-order valence-corrected chi connectivity index (χ2v) is 4.19. The largest absolute Gasteiger partial charge is 0.419 e. The van der Waals surface area contributed by atoms with Crippen LogP contribution in [0, 0.1) is 0 Å². The van der Waals surface area contributed by atoms with Crippen LogP contribution in [0.1, 0.15) is 17.2 Å². The zero-order chi connectivity index (χ0) is 14.6. The topological polar surface area (TPSA) is 45.1 Å². The molecule has 1 heterocycles. The van der Waals surface area contributed by atoms with E-state index < -0.39 is 17.8 Å². The van der Waals surface area contributed by atoms with Crippen molar-refractivity contribution in [2.45, 2.75) is 12.2 Å². The predicted molar refractivity (Wildman–Crippen MR) is 69.1 cm³/mol. The Bertz CT molecular complexity index is 558. The Kier molecular flexibility index (Phi) is 4.24. The number of nitrogens with one attached hydrogen (secondary N) is 1. The molecule has 1 atom stereocenters. The molecule has 0 bridgehead atoms. The molecule has 0 aliphatic heterocycles. The maximum atomic E-state index is 12.9. The van der Waals surface area contributed by atoms with E-state index >= 15 is 0 Å². The summed E-state index contributed by atoms with van der Waals surface area (Å²) >= 11 is 0. The lowest BCUT2D eigenvalue weighted by molar-refractivity contribution is -0.137. The minimum atomic E-state index is -4.49. The van der Waals surface area contributed by atoms with Gasteiger partial charge in [-0.2, -0.15) is 13.2 Å². The molecule has 2 N–H and O–H groups in total. The van der Waals surface area contributed by atoms with Crippen LogP contribution in [0.4, 0.5) is 19.0 Å². The third-order valence-electron chi connectivity index (χ3n) is 2.81. The van der Waals surface area contributed by atoms with Crippen LogP contribution in [0.3, 0.4) is 0 Å². The summed E-state index contributed by atoms with van der Waals surface area (Å²) in [4.78, 5) is 3.72. The van der Waals surface area contributed by atoms with E-state index in [0.717, 1.165) is 6.07 Å². The van der Waals surface area contributed by atoms with Gasteiger partial charge in [0.25, 0.3) is 0 Å². The quantitative estimate of drug-likeness (QED) is 0.904. The Balaban J connectivity index is 2.29. The normalized spacial score (nSPS) is 13.0. The van der Waals surface area contributed by atoms with Gasteiger partial charge in [-0.1, -0.05) is 30.3 Å². The van der Waals surface area contributed by atoms with Crippen molar-refractivity contribution in [2.24, 2.45) is 0 Å². The average Bonchev–Trinajstić information content (AvgIpc) is 2.45. The highest BCUT2D eigenvalue weighted by atomic mass is 19.4. The fraction of sp³-hybridized carbons (Fsp3) is 0.214. The molecule has 0 spiro atoms. The van der Waals surface area contributed by atoms with Crippen LogP contribution in [0.5, 0.6) is 0 Å². The fourth-order valence-corrected chi connectivity index (χ4v) is 1.83. The number of pyridine rings is 1. The summed E-state index contributed by atoms with van der Waals surface area (Å²) in [6.45, 7) is -0.335. The standard InChI is InChI=1S/C14H13F3N2O/c15-14(16,17)11-7-4-8-18-13(11)19-12(9-20)10-5-2-1-3-6-10/h1-8,12,20H,9H2,(H,18,19). The minimum Gasteiger partial charge on any atom is -0.394 e. The van der Waals surface area contributed by atoms with Crippen molar-refractivity contribution >= 4 is 5.82 Å². The lowest BCUT2D eigenvalue weighted by Crippen LogP contribution is -2.19. The van der Waals surface area contributed by atoms with E-state index in [2.05, 4.69) is 10.3 Å². The number of hydrogen-bond acceptors (Lipinski definition) is 3. The molecule has 0 saturated carbocycles. The van der Waals surface area contributed by atoms with Gasteiger partial charge in [-0.15, -0.1) is 0 Å². The van der Waals surface area contributed by atoms with E-state index in [1.807, 2.05) is 0 Å². The van der Waals surface area contributed by atoms with Gasteiger partial charge >= 0.3 is 6.18 Å². The first-order chi connectivity index (χ1) is 9.52. The third-order valence-corrected chi connectivity index (χ3v) is 2.81. The van der Waals surface area contributed by atoms with Gasteiger partial charge < -0.3 is 10.4 Å². The monoisotopic (exact) mass is 282 g/mol. The highest BCUT2D eigenvalue weighted by Crippen LogP contribution is 2.34. The summed E-state index contributed by atoms with van der Waals surface area (Å²) < 4.78 is 38.6. The second-order valence-electron chi connectivity index (χ2n) is 4.19. The number of alkyl halides is 3. The van der Waals surface area contributed by atoms with Crippen LogP contribution in [0.2, 0.25) is 0 Å². The lowest BCUT2D eigenvalue weighted by atomic mass is 10.1. The summed E-state index contributed by atoms with van der Waals surface area (Å²) in [5, 5.41) is 12.0. The van der Waals surface area contributed by atoms with Crippen molar-refractivity contribution in [2.75, 3.05) is 11.9 Å². The molecule has 0 amide bonds. The molecule has 0 aliphatic rings. The van der Waals surface area contributed by atoms with Gasteiger partial charge in [0.05, 0.1) is 18.2 Å². The van der Waals surface area contributed by atoms with Crippen molar-refractivity contribution in [1.82, 2.24) is 4.98 Å². The van der Waals surface area contributed by atoms with Gasteiger partial charge in [0.15, 0.2) is 0 Å². The van der Waals surface area contributed by atoms with Crippen molar-refractivity contribution in [3.05, 3.63) is 59.8 Å². The molecule has 20 heavy (non-hydrogen) atoms. The van der Waals surface area contributed by atoms with E-state index in [0.29, 0.717) is 5.56 Å². The number of anilines is 1. The third kappa shape index (κ3) is 3.27. The number of hydrogen-bond donors (Lipinski definition) is 2. The van der Waals surface area contributed by atoms with Gasteiger partial charge in [0, 0.05) is 6.20 Å². The molecule has 2 aromatic rings. The van der Waals surface area contributed by atoms with Crippen molar-refractivity contribution in [3.8, 4) is 0 Å². The first-order valence-electron chi connectivity index (χ1n) is 5.97. The molecule has 2 rings (SSSR count). The number of rotatable bonds is 4. The smallest absolute Gasteiger partial charge is 0.394 e. The summed E-state index contributed by atoms with van der Waals surface area (Å²) in [7, 11) is 0. The zero-order valence-corrected chi connectivity index (χ0v) is 10.4. The average molecular weight is 282 g/mol. The second kappa shape index (κ2) is 5.92. The molecule has 1 aromatic heterocycles. The molecular weight excluding hydrogens is 269 g/mol. The Morgan fingerprint density at radius 3 is 2.40 bits per heavy atom. The molecule has 0 radical (unpaired) electrons. The van der Waals surface area contributed by atoms with Crippen LogP contribution in [0.15, 0.2) is 48.7 Å². The van der Waals surface area contributed by atoms with E-state index in [1.54, 1.807) is 30.3 Å². The Labute approximate surface area is 114 Å². The highest BCUT2D eigenvalue weighted by molar-refractivity contribution is 5.47. The fourth-order valence-electron chi connectivity index (χ4n) is 1.83. The summed E-state index contributed by atoms with van der Waals surface area (Å²) in [6.07, 6.45) is -3.22. The van der Waals surface area contributed by atoms with Gasteiger partial charge in [-0.25, -0.2) is 4.98 Å². The zero-order valence-electron chi connectivity index (χ0n) is 10.4. The van der Waals surface area contributed by atoms with Gasteiger partial charge in [-0.05, 0) is 17.7 Å². The Hall–Kier alpha value is -2.08. The molecule has 0 fully saturated rings. The molecule has 1 aromatic carbocycles. The van der Waals surface area contributed by atoms with Gasteiger partial charge in [-0.3, -0.25) is 0 Å². The molecule has 0 saturated heterocycles. The predicted octanol–water partition coefficient (Wildman–Crippen LogP) is 3.25. The number of aliphatic hydroxyl groups excluding tert-OH is 1. The van der Waals surface area contributed by atoms with Crippen molar-refractivity contribution < 1.29 is 18.3 Å². The summed E-state index contributed by atoms with van der Waals surface area (Å²) in [5.41, 5.74) is -0.164. The van der Waals surface area contributed by atoms with E-state index in [-0.39, 0.29) is 12.4 Å². The number of halogens is 3. The van der Waals surface area contributed by atoms with E-state index in [1.165, 1.54) is 12.3 Å². The van der Waals surface area contributed by atoms with E-state index in [4.69, 9.17) is 0 Å². The van der Waals surface area contributed by atoms with Gasteiger partial charge in [0.2, 0.25) is 0 Å². The van der Waals surface area contributed by atoms with Crippen LogP contribution >= 0.6 is 0 Å². The molecule has 3 nitrogen and oxygen atoms in total. The molecule has 106 valence electrons. The molecule has 0 aliphatic carbocycles. The number of nitrogens with zero attached hydrogens (tertiary/aromatic N) is 1. The minimum absolute atomic E-state index is 0.289. The number of aromatic nitrogens is 1. The van der Waals surface area contributed by atoms with Crippen LogP contribution < -0.4 is 5.32 Å². The van der Waals surface area contributed by atoms with Crippen LogP contribution in [0.25, 0.3) is 0 Å².